The molecule has 0 radical (unpaired) electrons. The summed E-state index contributed by atoms with van der Waals surface area (Å²) in [6.07, 6.45) is 7.53. The molecule has 5 heteroatoms. The van der Waals surface area contributed by atoms with Gasteiger partial charge in [0, 0.05) is 32.7 Å². The van der Waals surface area contributed by atoms with E-state index in [1.807, 2.05) is 23.1 Å². The second-order valence-corrected chi connectivity index (χ2v) is 7.67. The topological polar surface area (TPSA) is 42.0 Å². The number of fused-ring (bicyclic) bond motifs is 2. The Morgan fingerprint density at radius 3 is 2.27 bits per heavy atom. The Hall–Kier alpha value is -2.01. The van der Waals surface area contributed by atoms with Crippen molar-refractivity contribution < 1.29 is 14.3 Å². The molecule has 3 atom stereocenters. The lowest BCUT2D eigenvalue weighted by molar-refractivity contribution is 0.0604. The molecule has 0 spiro atoms. The summed E-state index contributed by atoms with van der Waals surface area (Å²) < 4.78 is 10.8. The maximum absolute atomic E-state index is 13.1. The largest absolute Gasteiger partial charge is 0.496 e. The fourth-order valence-corrected chi connectivity index (χ4v) is 4.79. The van der Waals surface area contributed by atoms with E-state index in [1.165, 1.54) is 19.4 Å². The van der Waals surface area contributed by atoms with Crippen LogP contribution in [0.25, 0.3) is 0 Å². The van der Waals surface area contributed by atoms with E-state index in [0.717, 1.165) is 43.9 Å². The molecule has 1 aliphatic heterocycles. The number of nitrogens with zero attached hydrogens (tertiary/aromatic N) is 2. The van der Waals surface area contributed by atoms with Gasteiger partial charge in [0.05, 0.1) is 14.2 Å². The summed E-state index contributed by atoms with van der Waals surface area (Å²) in [7, 11) is 3.18. The third-order valence-electron chi connectivity index (χ3n) is 6.21. The van der Waals surface area contributed by atoms with Crippen LogP contribution in [0, 0.1) is 17.8 Å². The molecule has 3 aliphatic rings. The van der Waals surface area contributed by atoms with Crippen LogP contribution < -0.4 is 9.47 Å². The number of ether oxygens (including phenoxy) is 2. The Morgan fingerprint density at radius 1 is 1.04 bits per heavy atom. The molecule has 5 nitrogen and oxygen atoms in total. The molecular weight excluding hydrogens is 328 g/mol. The molecular formula is C21H28N2O3. The van der Waals surface area contributed by atoms with Crippen molar-refractivity contribution in [1.29, 1.82) is 0 Å². The second-order valence-electron chi connectivity index (χ2n) is 7.67. The van der Waals surface area contributed by atoms with Gasteiger partial charge in [-0.15, -0.1) is 0 Å². The monoisotopic (exact) mass is 356 g/mol. The molecule has 2 aliphatic carbocycles. The normalized spacial score (nSPS) is 27.8. The highest BCUT2D eigenvalue weighted by atomic mass is 16.5. The number of methoxy groups -OCH3 is 2. The molecule has 2 fully saturated rings. The van der Waals surface area contributed by atoms with Crippen molar-refractivity contribution in [2.75, 3.05) is 46.9 Å². The van der Waals surface area contributed by atoms with Crippen molar-refractivity contribution in [3.63, 3.8) is 0 Å². The summed E-state index contributed by atoms with van der Waals surface area (Å²) in [6, 6.07) is 5.47. The molecule has 1 heterocycles. The van der Waals surface area contributed by atoms with Gasteiger partial charge in [0.1, 0.15) is 17.1 Å². The van der Waals surface area contributed by atoms with Gasteiger partial charge in [-0.1, -0.05) is 18.2 Å². The van der Waals surface area contributed by atoms with Crippen LogP contribution in [-0.2, 0) is 0 Å². The van der Waals surface area contributed by atoms with Crippen LogP contribution in [0.4, 0.5) is 0 Å². The lowest BCUT2D eigenvalue weighted by Gasteiger charge is -2.37. The summed E-state index contributed by atoms with van der Waals surface area (Å²) in [6.45, 7) is 4.58. The van der Waals surface area contributed by atoms with E-state index in [-0.39, 0.29) is 5.91 Å². The zero-order valence-electron chi connectivity index (χ0n) is 15.7. The van der Waals surface area contributed by atoms with E-state index in [1.54, 1.807) is 14.2 Å². The Bertz CT molecular complexity index is 672. The standard InChI is InChI=1S/C21H28N2O3/c1-25-18-4-3-5-19(26-2)20(18)21(24)23-10-8-22(9-11-23)14-17-13-15-6-7-16(17)12-15/h3-7,15-17H,8-14H2,1-2H3/t15-,16+,17-/m0/s1. The first kappa shape index (κ1) is 17.4. The number of carbonyl (C=O) groups is 1. The summed E-state index contributed by atoms with van der Waals surface area (Å²) in [5.74, 6) is 3.57. The molecule has 0 aromatic heterocycles. The minimum absolute atomic E-state index is 0.00167. The molecule has 0 N–H and O–H groups in total. The maximum Gasteiger partial charge on any atom is 0.261 e. The number of allylic oxidation sites excluding steroid dienone is 2. The fourth-order valence-electron chi connectivity index (χ4n) is 4.79. The van der Waals surface area contributed by atoms with Crippen LogP contribution in [0.15, 0.2) is 30.4 Å². The first-order valence-electron chi connectivity index (χ1n) is 9.60. The highest BCUT2D eigenvalue weighted by molar-refractivity contribution is 5.99. The Balaban J connectivity index is 1.37. The van der Waals surface area contributed by atoms with Crippen molar-refractivity contribution in [2.45, 2.75) is 12.8 Å². The summed E-state index contributed by atoms with van der Waals surface area (Å²) in [4.78, 5) is 17.5. The maximum atomic E-state index is 13.1. The van der Waals surface area contributed by atoms with Crippen LogP contribution in [0.2, 0.25) is 0 Å². The highest BCUT2D eigenvalue weighted by Crippen LogP contribution is 2.43. The summed E-state index contributed by atoms with van der Waals surface area (Å²) >= 11 is 0. The molecule has 140 valence electrons. The first-order chi connectivity index (χ1) is 12.7. The van der Waals surface area contributed by atoms with Crippen molar-refractivity contribution >= 4 is 5.91 Å². The van der Waals surface area contributed by atoms with Gasteiger partial charge in [-0.2, -0.15) is 0 Å². The Labute approximate surface area is 155 Å². The number of rotatable bonds is 5. The number of hydrogen-bond acceptors (Lipinski definition) is 4. The molecule has 1 aromatic carbocycles. The van der Waals surface area contributed by atoms with Gasteiger partial charge in [0.15, 0.2) is 0 Å². The minimum atomic E-state index is 0.00167. The van der Waals surface area contributed by atoms with Gasteiger partial charge in [-0.3, -0.25) is 9.69 Å². The van der Waals surface area contributed by atoms with Crippen LogP contribution >= 0.6 is 0 Å². The zero-order chi connectivity index (χ0) is 18.1. The average molecular weight is 356 g/mol. The molecule has 4 rings (SSSR count). The van der Waals surface area contributed by atoms with Crippen LogP contribution in [0.3, 0.4) is 0 Å². The number of piperazine rings is 1. The van der Waals surface area contributed by atoms with Gasteiger partial charge in [-0.05, 0) is 42.7 Å². The van der Waals surface area contributed by atoms with E-state index < -0.39 is 0 Å². The first-order valence-corrected chi connectivity index (χ1v) is 9.60. The van der Waals surface area contributed by atoms with Crippen molar-refractivity contribution in [3.8, 4) is 11.5 Å². The second kappa shape index (κ2) is 7.31. The van der Waals surface area contributed by atoms with E-state index in [0.29, 0.717) is 17.1 Å². The smallest absolute Gasteiger partial charge is 0.261 e. The van der Waals surface area contributed by atoms with Gasteiger partial charge < -0.3 is 14.4 Å². The summed E-state index contributed by atoms with van der Waals surface area (Å²) in [5, 5.41) is 0. The average Bonchev–Trinajstić information content (AvgIpc) is 3.30. The Morgan fingerprint density at radius 2 is 1.73 bits per heavy atom. The van der Waals surface area contributed by atoms with E-state index in [4.69, 9.17) is 9.47 Å². The van der Waals surface area contributed by atoms with Crippen LogP contribution in [0.1, 0.15) is 23.2 Å². The van der Waals surface area contributed by atoms with E-state index in [9.17, 15) is 4.79 Å². The quantitative estimate of drug-likeness (QED) is 0.761. The predicted molar refractivity (Wildman–Crippen MR) is 101 cm³/mol. The van der Waals surface area contributed by atoms with Crippen molar-refractivity contribution in [1.82, 2.24) is 9.80 Å². The fraction of sp³-hybridized carbons (Fsp3) is 0.571. The van der Waals surface area contributed by atoms with Gasteiger partial charge >= 0.3 is 0 Å². The van der Waals surface area contributed by atoms with Gasteiger partial charge in [-0.25, -0.2) is 0 Å². The van der Waals surface area contributed by atoms with Crippen LogP contribution in [0.5, 0.6) is 11.5 Å². The molecule has 1 saturated carbocycles. The minimum Gasteiger partial charge on any atom is -0.496 e. The lowest BCUT2D eigenvalue weighted by Crippen LogP contribution is -2.50. The number of carbonyl (C=O) groups excluding carboxylic acids is 1. The predicted octanol–water partition coefficient (Wildman–Crippen LogP) is 2.67. The third kappa shape index (κ3) is 3.20. The van der Waals surface area contributed by atoms with Gasteiger partial charge in [0.2, 0.25) is 0 Å². The lowest BCUT2D eigenvalue weighted by atomic mass is 9.93. The highest BCUT2D eigenvalue weighted by Gasteiger charge is 2.37. The SMILES string of the molecule is COc1cccc(OC)c1C(=O)N1CCN(C[C@@H]2C[C@H]3C=C[C@@H]2C3)CC1. The number of hydrogen-bond donors (Lipinski definition) is 0. The molecule has 2 bridgehead atoms. The Kier molecular flexibility index (Phi) is 4.90. The molecule has 1 amide bonds. The van der Waals surface area contributed by atoms with Crippen LogP contribution in [-0.4, -0.2) is 62.7 Å². The number of amides is 1. The van der Waals surface area contributed by atoms with E-state index >= 15 is 0 Å². The van der Waals surface area contributed by atoms with Gasteiger partial charge in [0.25, 0.3) is 5.91 Å². The third-order valence-corrected chi connectivity index (χ3v) is 6.21. The molecule has 0 unspecified atom stereocenters. The van der Waals surface area contributed by atoms with E-state index in [2.05, 4.69) is 17.1 Å². The van der Waals surface area contributed by atoms with Crippen molar-refractivity contribution in [3.05, 3.63) is 35.9 Å². The van der Waals surface area contributed by atoms with Crippen molar-refractivity contribution in [2.24, 2.45) is 17.8 Å². The number of benzene rings is 1. The zero-order valence-corrected chi connectivity index (χ0v) is 15.7. The molecule has 1 aromatic rings. The molecule has 1 saturated heterocycles. The summed E-state index contributed by atoms with van der Waals surface area (Å²) in [5.41, 5.74) is 0.532. The molecule has 26 heavy (non-hydrogen) atoms.